The summed E-state index contributed by atoms with van der Waals surface area (Å²) in [6.07, 6.45) is 1.13. The van der Waals surface area contributed by atoms with Gasteiger partial charge in [0, 0.05) is 24.2 Å². The molecule has 0 amide bonds. The van der Waals surface area contributed by atoms with E-state index in [2.05, 4.69) is 15.0 Å². The Morgan fingerprint density at radius 2 is 1.75 bits per heavy atom. The summed E-state index contributed by atoms with van der Waals surface area (Å²) in [4.78, 5) is 11.1. The molecule has 0 bridgehead atoms. The quantitative estimate of drug-likeness (QED) is 0.748. The van der Waals surface area contributed by atoms with Gasteiger partial charge in [0.2, 0.25) is 0 Å². The Morgan fingerprint density at radius 3 is 2.25 bits per heavy atom. The molecule has 0 aromatic carbocycles. The first-order valence-corrected chi connectivity index (χ1v) is 4.37. The van der Waals surface area contributed by atoms with Crippen molar-refractivity contribution in [2.45, 2.75) is 6.18 Å². The largest absolute Gasteiger partial charge is 0.433 e. The Hall–Kier alpha value is -1.98. The van der Waals surface area contributed by atoms with Crippen LogP contribution in [0.3, 0.4) is 0 Å². The second-order valence-corrected chi connectivity index (χ2v) is 3.02. The molecule has 16 heavy (non-hydrogen) atoms. The predicted molar refractivity (Wildman–Crippen MR) is 50.3 cm³/mol. The fraction of sp³-hybridized carbons (Fsp3) is 0.100. The molecule has 0 N–H and O–H groups in total. The minimum Gasteiger partial charge on any atom is -0.261 e. The van der Waals surface area contributed by atoms with E-state index in [0.717, 1.165) is 12.3 Å². The number of halogens is 3. The standard InChI is InChI=1S/C10H6F3N3/c11-10(12,13)9-2-1-7(5-16-9)8-6-14-3-4-15-8/h1-6H. The molecule has 0 aliphatic rings. The third-order valence-electron chi connectivity index (χ3n) is 1.91. The minimum atomic E-state index is -4.42. The minimum absolute atomic E-state index is 0.490. The lowest BCUT2D eigenvalue weighted by Crippen LogP contribution is -2.07. The van der Waals surface area contributed by atoms with Gasteiger partial charge in [-0.15, -0.1) is 0 Å². The van der Waals surface area contributed by atoms with Gasteiger partial charge < -0.3 is 0 Å². The van der Waals surface area contributed by atoms with Crippen LogP contribution in [0.4, 0.5) is 13.2 Å². The van der Waals surface area contributed by atoms with Crippen molar-refractivity contribution in [3.8, 4) is 11.3 Å². The normalized spacial score (nSPS) is 11.4. The first-order valence-electron chi connectivity index (χ1n) is 4.37. The van der Waals surface area contributed by atoms with Crippen LogP contribution < -0.4 is 0 Å². The summed E-state index contributed by atoms with van der Waals surface area (Å²) in [6, 6.07) is 2.24. The summed E-state index contributed by atoms with van der Waals surface area (Å²) in [7, 11) is 0. The zero-order valence-corrected chi connectivity index (χ0v) is 7.94. The third-order valence-corrected chi connectivity index (χ3v) is 1.91. The lowest BCUT2D eigenvalue weighted by atomic mass is 10.2. The van der Waals surface area contributed by atoms with E-state index < -0.39 is 11.9 Å². The Balaban J connectivity index is 2.34. The molecule has 0 saturated heterocycles. The van der Waals surface area contributed by atoms with Crippen molar-refractivity contribution in [2.75, 3.05) is 0 Å². The number of nitrogens with zero attached hydrogens (tertiary/aromatic N) is 3. The van der Waals surface area contributed by atoms with E-state index in [1.54, 1.807) is 0 Å². The molecule has 82 valence electrons. The molecule has 0 aliphatic carbocycles. The molecule has 0 spiro atoms. The van der Waals surface area contributed by atoms with Gasteiger partial charge in [0.1, 0.15) is 5.69 Å². The van der Waals surface area contributed by atoms with Gasteiger partial charge in [-0.25, -0.2) is 0 Å². The third kappa shape index (κ3) is 2.16. The molecule has 2 aromatic rings. The molecule has 2 rings (SSSR count). The Morgan fingerprint density at radius 1 is 0.938 bits per heavy atom. The molecule has 0 aliphatic heterocycles. The molecule has 3 nitrogen and oxygen atoms in total. The van der Waals surface area contributed by atoms with Crippen LogP contribution >= 0.6 is 0 Å². The van der Waals surface area contributed by atoms with Crippen molar-refractivity contribution in [3.05, 3.63) is 42.6 Å². The van der Waals surface area contributed by atoms with Crippen LogP contribution in [-0.2, 0) is 6.18 Å². The lowest BCUT2D eigenvalue weighted by molar-refractivity contribution is -0.141. The molecule has 2 heterocycles. The highest BCUT2D eigenvalue weighted by Crippen LogP contribution is 2.28. The van der Waals surface area contributed by atoms with Crippen LogP contribution in [0.15, 0.2) is 36.9 Å². The van der Waals surface area contributed by atoms with E-state index >= 15 is 0 Å². The van der Waals surface area contributed by atoms with Crippen LogP contribution in [0.25, 0.3) is 11.3 Å². The zero-order chi connectivity index (χ0) is 11.6. The summed E-state index contributed by atoms with van der Waals surface area (Å²) in [5, 5.41) is 0. The molecule has 0 unspecified atom stereocenters. The van der Waals surface area contributed by atoms with Crippen LogP contribution in [-0.4, -0.2) is 15.0 Å². The van der Waals surface area contributed by atoms with Gasteiger partial charge in [0.25, 0.3) is 0 Å². The van der Waals surface area contributed by atoms with Crippen LogP contribution in [0, 0.1) is 0 Å². The second-order valence-electron chi connectivity index (χ2n) is 3.02. The first-order chi connectivity index (χ1) is 7.57. The summed E-state index contributed by atoms with van der Waals surface area (Å²) in [5.41, 5.74) is 0.0740. The Kier molecular flexibility index (Phi) is 2.55. The van der Waals surface area contributed by atoms with E-state index in [4.69, 9.17) is 0 Å². The van der Waals surface area contributed by atoms with Crippen molar-refractivity contribution in [1.82, 2.24) is 15.0 Å². The lowest BCUT2D eigenvalue weighted by Gasteiger charge is -2.05. The van der Waals surface area contributed by atoms with Crippen LogP contribution in [0.2, 0.25) is 0 Å². The van der Waals surface area contributed by atoms with E-state index in [-0.39, 0.29) is 0 Å². The maximum absolute atomic E-state index is 12.2. The molecular formula is C10H6F3N3. The number of pyridine rings is 1. The summed E-state index contributed by atoms with van der Waals surface area (Å²) in [5.74, 6) is 0. The van der Waals surface area contributed by atoms with E-state index in [9.17, 15) is 13.2 Å². The van der Waals surface area contributed by atoms with Gasteiger partial charge in [-0.3, -0.25) is 15.0 Å². The topological polar surface area (TPSA) is 38.7 Å². The maximum Gasteiger partial charge on any atom is 0.433 e. The van der Waals surface area contributed by atoms with E-state index in [1.165, 1.54) is 24.7 Å². The fourth-order valence-corrected chi connectivity index (χ4v) is 1.16. The molecule has 0 fully saturated rings. The Bertz CT molecular complexity index is 465. The predicted octanol–water partition coefficient (Wildman–Crippen LogP) is 2.56. The molecule has 0 radical (unpaired) electrons. The average molecular weight is 225 g/mol. The molecule has 0 atom stereocenters. The maximum atomic E-state index is 12.2. The summed E-state index contributed by atoms with van der Waals surface area (Å²) >= 11 is 0. The van der Waals surface area contributed by atoms with E-state index in [0.29, 0.717) is 11.3 Å². The number of hydrogen-bond acceptors (Lipinski definition) is 3. The van der Waals surface area contributed by atoms with Crippen LogP contribution in [0.1, 0.15) is 5.69 Å². The number of aromatic nitrogens is 3. The summed E-state index contributed by atoms with van der Waals surface area (Å²) < 4.78 is 36.7. The van der Waals surface area contributed by atoms with Crippen molar-refractivity contribution in [2.24, 2.45) is 0 Å². The molecular weight excluding hydrogens is 219 g/mol. The highest BCUT2D eigenvalue weighted by atomic mass is 19.4. The van der Waals surface area contributed by atoms with Gasteiger partial charge in [0.05, 0.1) is 11.9 Å². The zero-order valence-electron chi connectivity index (χ0n) is 7.94. The highest BCUT2D eigenvalue weighted by molar-refractivity contribution is 5.56. The highest BCUT2D eigenvalue weighted by Gasteiger charge is 2.32. The Labute approximate surface area is 89.0 Å². The average Bonchev–Trinajstić information content (AvgIpc) is 2.29. The van der Waals surface area contributed by atoms with Crippen LogP contribution in [0.5, 0.6) is 0 Å². The van der Waals surface area contributed by atoms with Gasteiger partial charge >= 0.3 is 6.18 Å². The number of alkyl halides is 3. The van der Waals surface area contributed by atoms with Gasteiger partial charge in [0.15, 0.2) is 0 Å². The second kappa shape index (κ2) is 3.88. The first kappa shape index (κ1) is 10.5. The number of hydrogen-bond donors (Lipinski definition) is 0. The van der Waals surface area contributed by atoms with Gasteiger partial charge in [-0.05, 0) is 12.1 Å². The molecule has 2 aromatic heterocycles. The molecule has 6 heteroatoms. The SMILES string of the molecule is FC(F)(F)c1ccc(-c2cnccn2)cn1. The molecule has 0 saturated carbocycles. The van der Waals surface area contributed by atoms with Gasteiger partial charge in [-0.1, -0.05) is 0 Å². The summed E-state index contributed by atoms with van der Waals surface area (Å²) in [6.45, 7) is 0. The van der Waals surface area contributed by atoms with Crippen molar-refractivity contribution < 1.29 is 13.2 Å². The fourth-order valence-electron chi connectivity index (χ4n) is 1.16. The van der Waals surface area contributed by atoms with Crippen molar-refractivity contribution in [3.63, 3.8) is 0 Å². The monoisotopic (exact) mass is 225 g/mol. The van der Waals surface area contributed by atoms with Crippen molar-refractivity contribution in [1.29, 1.82) is 0 Å². The number of rotatable bonds is 1. The smallest absolute Gasteiger partial charge is 0.261 e. The van der Waals surface area contributed by atoms with Crippen molar-refractivity contribution >= 4 is 0 Å². The van der Waals surface area contributed by atoms with E-state index in [1.807, 2.05) is 0 Å². The van der Waals surface area contributed by atoms with Gasteiger partial charge in [-0.2, -0.15) is 13.2 Å².